The summed E-state index contributed by atoms with van der Waals surface area (Å²) >= 11 is 0. The molecule has 3 aromatic carbocycles. The summed E-state index contributed by atoms with van der Waals surface area (Å²) in [4.78, 5) is 17.6. The van der Waals surface area contributed by atoms with Crippen LogP contribution in [0.3, 0.4) is 0 Å². The van der Waals surface area contributed by atoms with Gasteiger partial charge in [0.15, 0.2) is 0 Å². The summed E-state index contributed by atoms with van der Waals surface area (Å²) in [6, 6.07) is 22.9. The van der Waals surface area contributed by atoms with Crippen molar-refractivity contribution in [1.82, 2.24) is 15.6 Å². The van der Waals surface area contributed by atoms with Gasteiger partial charge in [-0.3, -0.25) is 4.79 Å². The molecule has 3 N–H and O–H groups in total. The lowest BCUT2D eigenvalue weighted by atomic mass is 9.99. The van der Waals surface area contributed by atoms with Gasteiger partial charge in [-0.15, -0.1) is 0 Å². The lowest BCUT2D eigenvalue weighted by Crippen LogP contribution is -2.48. The van der Waals surface area contributed by atoms with Crippen molar-refractivity contribution in [2.75, 3.05) is 13.2 Å². The number of ether oxygens (including phenoxy) is 1. The highest BCUT2D eigenvalue weighted by Gasteiger charge is 2.23. The van der Waals surface area contributed by atoms with Crippen LogP contribution in [0.5, 0.6) is 5.75 Å². The SMILES string of the molecule is CCCCCCOc1cccc(C[C@H](NC(=O)c2cccc(-c3ncco3)c2)[C@H](O)CNCc2cccc(CC)c2)c1. The van der Waals surface area contributed by atoms with E-state index >= 15 is 0 Å². The molecule has 7 nitrogen and oxygen atoms in total. The Bertz CT molecular complexity index is 1370. The molecule has 0 saturated heterocycles. The van der Waals surface area contributed by atoms with Crippen LogP contribution in [-0.2, 0) is 19.4 Å². The molecule has 0 radical (unpaired) electrons. The van der Waals surface area contributed by atoms with Gasteiger partial charge < -0.3 is 24.9 Å². The highest BCUT2D eigenvalue weighted by molar-refractivity contribution is 5.95. The van der Waals surface area contributed by atoms with Crippen molar-refractivity contribution in [3.05, 3.63) is 108 Å². The van der Waals surface area contributed by atoms with Crippen molar-refractivity contribution in [1.29, 1.82) is 0 Å². The third-order valence-electron chi connectivity index (χ3n) is 7.29. The van der Waals surface area contributed by atoms with E-state index < -0.39 is 12.1 Å². The first-order valence-corrected chi connectivity index (χ1v) is 15.0. The molecule has 0 saturated carbocycles. The van der Waals surface area contributed by atoms with E-state index in [9.17, 15) is 9.90 Å². The Hall–Kier alpha value is -3.94. The van der Waals surface area contributed by atoms with Gasteiger partial charge >= 0.3 is 0 Å². The fourth-order valence-corrected chi connectivity index (χ4v) is 4.90. The highest BCUT2D eigenvalue weighted by Crippen LogP contribution is 2.20. The molecule has 0 unspecified atom stereocenters. The van der Waals surface area contributed by atoms with Crippen LogP contribution in [0.1, 0.15) is 66.6 Å². The standard InChI is InChI=1S/C35H43N3O4/c1-3-5-6-7-18-41-31-16-9-12-27(21-31)22-32(33(39)25-36-24-28-13-8-11-26(4-2)20-28)38-34(40)29-14-10-15-30(23-29)35-37-17-19-42-35/h8-17,19-21,23,32-33,36,39H,3-7,18,22,24-25H2,1-2H3,(H,38,40)/t32-,33+/m0/s1. The molecule has 0 aliphatic carbocycles. The van der Waals surface area contributed by atoms with E-state index in [-0.39, 0.29) is 5.91 Å². The van der Waals surface area contributed by atoms with Gasteiger partial charge in [0, 0.05) is 24.2 Å². The predicted molar refractivity (Wildman–Crippen MR) is 167 cm³/mol. The zero-order valence-electron chi connectivity index (χ0n) is 24.7. The van der Waals surface area contributed by atoms with Crippen LogP contribution in [0.4, 0.5) is 0 Å². The summed E-state index contributed by atoms with van der Waals surface area (Å²) in [5, 5.41) is 17.8. The van der Waals surface area contributed by atoms with Crippen LogP contribution in [-0.4, -0.2) is 41.3 Å². The van der Waals surface area contributed by atoms with Gasteiger partial charge in [-0.2, -0.15) is 0 Å². The number of aryl methyl sites for hydroxylation is 1. The number of nitrogens with zero attached hydrogens (tertiary/aromatic N) is 1. The first-order valence-electron chi connectivity index (χ1n) is 15.0. The summed E-state index contributed by atoms with van der Waals surface area (Å²) in [7, 11) is 0. The Morgan fingerprint density at radius 2 is 1.76 bits per heavy atom. The average Bonchev–Trinajstić information content (AvgIpc) is 3.56. The second kappa shape index (κ2) is 16.5. The van der Waals surface area contributed by atoms with Gasteiger partial charge in [0.1, 0.15) is 12.0 Å². The number of benzene rings is 3. The third kappa shape index (κ3) is 9.57. The fraction of sp³-hybridized carbons (Fsp3) is 0.371. The van der Waals surface area contributed by atoms with E-state index in [1.165, 1.54) is 24.7 Å². The summed E-state index contributed by atoms with van der Waals surface area (Å²) < 4.78 is 11.4. The molecule has 2 atom stereocenters. The van der Waals surface area contributed by atoms with Gasteiger partial charge in [0.25, 0.3) is 5.91 Å². The monoisotopic (exact) mass is 569 g/mol. The molecule has 1 amide bonds. The molecule has 0 spiro atoms. The first-order chi connectivity index (χ1) is 20.6. The molecule has 4 aromatic rings. The van der Waals surface area contributed by atoms with Crippen LogP contribution in [0.2, 0.25) is 0 Å². The average molecular weight is 570 g/mol. The van der Waals surface area contributed by atoms with Gasteiger partial charge in [0.2, 0.25) is 5.89 Å². The molecule has 7 heteroatoms. The first kappa shape index (κ1) is 31.0. The number of rotatable bonds is 17. The predicted octanol–water partition coefficient (Wildman–Crippen LogP) is 6.35. The molecule has 222 valence electrons. The number of unbranched alkanes of at least 4 members (excludes halogenated alkanes) is 3. The van der Waals surface area contributed by atoms with E-state index in [4.69, 9.17) is 9.15 Å². The normalized spacial score (nSPS) is 12.5. The molecular weight excluding hydrogens is 526 g/mol. The van der Waals surface area contributed by atoms with Crippen LogP contribution < -0.4 is 15.4 Å². The summed E-state index contributed by atoms with van der Waals surface area (Å²) in [6.45, 7) is 5.96. The van der Waals surface area contributed by atoms with E-state index in [0.717, 1.165) is 36.1 Å². The minimum absolute atomic E-state index is 0.272. The largest absolute Gasteiger partial charge is 0.494 e. The van der Waals surface area contributed by atoms with Crippen LogP contribution >= 0.6 is 0 Å². The van der Waals surface area contributed by atoms with Crippen LogP contribution in [0.25, 0.3) is 11.5 Å². The van der Waals surface area contributed by atoms with E-state index in [1.54, 1.807) is 24.4 Å². The summed E-state index contributed by atoms with van der Waals surface area (Å²) in [5.41, 5.74) is 4.60. The van der Waals surface area contributed by atoms with Gasteiger partial charge in [-0.05, 0) is 66.3 Å². The Morgan fingerprint density at radius 1 is 0.952 bits per heavy atom. The topological polar surface area (TPSA) is 96.6 Å². The zero-order chi connectivity index (χ0) is 29.6. The number of aliphatic hydroxyl groups excluding tert-OH is 1. The number of carbonyl (C=O) groups excluding carboxylic acids is 1. The number of hydrogen-bond acceptors (Lipinski definition) is 6. The Labute approximate surface area is 249 Å². The minimum Gasteiger partial charge on any atom is -0.494 e. The molecular formula is C35H43N3O4. The number of oxazole rings is 1. The van der Waals surface area contributed by atoms with Crippen molar-refractivity contribution < 1.29 is 19.1 Å². The lowest BCUT2D eigenvalue weighted by molar-refractivity contribution is 0.0830. The molecule has 1 heterocycles. The van der Waals surface area contributed by atoms with Crippen molar-refractivity contribution in [3.8, 4) is 17.2 Å². The maximum atomic E-state index is 13.4. The maximum absolute atomic E-state index is 13.4. The number of nitrogens with one attached hydrogen (secondary N) is 2. The van der Waals surface area contributed by atoms with Crippen molar-refractivity contribution >= 4 is 5.91 Å². The number of aromatic nitrogens is 1. The smallest absolute Gasteiger partial charge is 0.251 e. The van der Waals surface area contributed by atoms with E-state index in [0.29, 0.717) is 43.1 Å². The maximum Gasteiger partial charge on any atom is 0.251 e. The van der Waals surface area contributed by atoms with E-state index in [1.807, 2.05) is 30.3 Å². The third-order valence-corrected chi connectivity index (χ3v) is 7.29. The number of carbonyl (C=O) groups is 1. The van der Waals surface area contributed by atoms with Crippen molar-refractivity contribution in [2.24, 2.45) is 0 Å². The molecule has 0 aliphatic rings. The van der Waals surface area contributed by atoms with Crippen LogP contribution in [0, 0.1) is 0 Å². The van der Waals surface area contributed by atoms with Gasteiger partial charge in [-0.1, -0.05) is 75.6 Å². The number of aliphatic hydroxyl groups is 1. The number of amides is 1. The Balaban J connectivity index is 1.44. The quantitative estimate of drug-likeness (QED) is 0.128. The second-order valence-electron chi connectivity index (χ2n) is 10.6. The molecule has 4 rings (SSSR count). The second-order valence-corrected chi connectivity index (χ2v) is 10.6. The molecule has 1 aromatic heterocycles. The molecule has 0 bridgehead atoms. The van der Waals surface area contributed by atoms with Gasteiger partial charge in [0.05, 0.1) is 24.9 Å². The lowest BCUT2D eigenvalue weighted by Gasteiger charge is -2.25. The summed E-state index contributed by atoms with van der Waals surface area (Å²) in [5.74, 6) is 0.978. The Morgan fingerprint density at radius 3 is 2.57 bits per heavy atom. The molecule has 0 fully saturated rings. The molecule has 42 heavy (non-hydrogen) atoms. The van der Waals surface area contributed by atoms with Crippen molar-refractivity contribution in [3.63, 3.8) is 0 Å². The fourth-order valence-electron chi connectivity index (χ4n) is 4.90. The van der Waals surface area contributed by atoms with E-state index in [2.05, 4.69) is 53.7 Å². The molecule has 0 aliphatic heterocycles. The van der Waals surface area contributed by atoms with Crippen LogP contribution in [0.15, 0.2) is 89.7 Å². The highest BCUT2D eigenvalue weighted by atomic mass is 16.5. The van der Waals surface area contributed by atoms with Gasteiger partial charge in [-0.25, -0.2) is 4.98 Å². The Kier molecular flexibility index (Phi) is 12.2. The summed E-state index contributed by atoms with van der Waals surface area (Å²) in [6.07, 6.45) is 8.26. The van der Waals surface area contributed by atoms with Crippen molar-refractivity contribution in [2.45, 2.75) is 71.1 Å². The zero-order valence-corrected chi connectivity index (χ0v) is 24.7. The number of hydrogen-bond donors (Lipinski definition) is 3. The minimum atomic E-state index is -0.822.